The van der Waals surface area contributed by atoms with Crippen LogP contribution < -0.4 is 5.73 Å². The van der Waals surface area contributed by atoms with E-state index in [4.69, 9.17) is 5.73 Å². The SMILES string of the molecule is CC(C)[C@@H](N)c1ccccn1.Cl.Cl. The molecule has 0 aliphatic rings. The van der Waals surface area contributed by atoms with Crippen molar-refractivity contribution in [3.63, 3.8) is 0 Å². The van der Waals surface area contributed by atoms with Crippen LogP contribution in [0, 0.1) is 5.92 Å². The number of nitrogens with zero attached hydrogens (tertiary/aromatic N) is 1. The summed E-state index contributed by atoms with van der Waals surface area (Å²) in [5.74, 6) is 0.449. The summed E-state index contributed by atoms with van der Waals surface area (Å²) in [5, 5.41) is 0. The molecule has 4 heteroatoms. The first-order chi connectivity index (χ1) is 5.22. The lowest BCUT2D eigenvalue weighted by Crippen LogP contribution is -2.17. The second-order valence-electron chi connectivity index (χ2n) is 3.02. The van der Waals surface area contributed by atoms with Crippen molar-refractivity contribution >= 4 is 24.8 Å². The van der Waals surface area contributed by atoms with E-state index in [0.29, 0.717) is 5.92 Å². The molecule has 0 spiro atoms. The highest BCUT2D eigenvalue weighted by atomic mass is 35.5. The fraction of sp³-hybridized carbons (Fsp3) is 0.444. The zero-order chi connectivity index (χ0) is 8.27. The fourth-order valence-corrected chi connectivity index (χ4v) is 0.915. The molecule has 0 unspecified atom stereocenters. The Bertz CT molecular complexity index is 214. The van der Waals surface area contributed by atoms with Crippen LogP contribution in [0.15, 0.2) is 24.4 Å². The molecule has 0 aromatic carbocycles. The van der Waals surface area contributed by atoms with Crippen molar-refractivity contribution in [1.82, 2.24) is 4.98 Å². The highest BCUT2D eigenvalue weighted by molar-refractivity contribution is 5.85. The quantitative estimate of drug-likeness (QED) is 0.836. The van der Waals surface area contributed by atoms with E-state index < -0.39 is 0 Å². The molecule has 0 aliphatic heterocycles. The molecule has 0 aliphatic carbocycles. The summed E-state index contributed by atoms with van der Waals surface area (Å²) in [7, 11) is 0. The highest BCUT2D eigenvalue weighted by Gasteiger charge is 2.09. The van der Waals surface area contributed by atoms with Crippen molar-refractivity contribution < 1.29 is 0 Å². The molecule has 0 saturated carbocycles. The van der Waals surface area contributed by atoms with Gasteiger partial charge in [-0.05, 0) is 18.1 Å². The van der Waals surface area contributed by atoms with E-state index in [1.54, 1.807) is 6.20 Å². The summed E-state index contributed by atoms with van der Waals surface area (Å²) < 4.78 is 0. The zero-order valence-electron chi connectivity index (χ0n) is 7.81. The largest absolute Gasteiger partial charge is 0.322 e. The number of hydrogen-bond acceptors (Lipinski definition) is 2. The summed E-state index contributed by atoms with van der Waals surface area (Å²) in [6.07, 6.45) is 1.78. The molecule has 1 aromatic rings. The van der Waals surface area contributed by atoms with Gasteiger partial charge in [0.15, 0.2) is 0 Å². The maximum Gasteiger partial charge on any atom is 0.0573 e. The summed E-state index contributed by atoms with van der Waals surface area (Å²) in [5.41, 5.74) is 6.85. The van der Waals surface area contributed by atoms with Crippen LogP contribution in [-0.4, -0.2) is 4.98 Å². The van der Waals surface area contributed by atoms with Gasteiger partial charge in [0, 0.05) is 12.2 Å². The van der Waals surface area contributed by atoms with Gasteiger partial charge in [-0.3, -0.25) is 4.98 Å². The molecule has 1 atom stereocenters. The van der Waals surface area contributed by atoms with Gasteiger partial charge >= 0.3 is 0 Å². The van der Waals surface area contributed by atoms with E-state index in [9.17, 15) is 0 Å². The predicted octanol–water partition coefficient (Wildman–Crippen LogP) is 2.58. The molecule has 0 saturated heterocycles. The Kier molecular flexibility index (Phi) is 8.32. The average molecular weight is 223 g/mol. The van der Waals surface area contributed by atoms with Crippen molar-refractivity contribution in [3.8, 4) is 0 Å². The van der Waals surface area contributed by atoms with Crippen molar-refractivity contribution in [2.75, 3.05) is 0 Å². The van der Waals surface area contributed by atoms with Crippen molar-refractivity contribution in [3.05, 3.63) is 30.1 Å². The van der Waals surface area contributed by atoms with E-state index in [1.807, 2.05) is 18.2 Å². The second-order valence-corrected chi connectivity index (χ2v) is 3.02. The van der Waals surface area contributed by atoms with Gasteiger partial charge in [-0.1, -0.05) is 19.9 Å². The van der Waals surface area contributed by atoms with Crippen LogP contribution in [0.1, 0.15) is 25.6 Å². The number of rotatable bonds is 2. The molecular formula is C9H16Cl2N2. The smallest absolute Gasteiger partial charge is 0.0573 e. The van der Waals surface area contributed by atoms with Crippen LogP contribution in [0.2, 0.25) is 0 Å². The predicted molar refractivity (Wildman–Crippen MR) is 60.5 cm³/mol. The van der Waals surface area contributed by atoms with Crippen molar-refractivity contribution in [2.24, 2.45) is 11.7 Å². The number of pyridine rings is 1. The maximum absolute atomic E-state index is 5.88. The number of hydrogen-bond donors (Lipinski definition) is 1. The van der Waals surface area contributed by atoms with Gasteiger partial charge in [0.05, 0.1) is 5.69 Å². The van der Waals surface area contributed by atoms with Crippen LogP contribution >= 0.6 is 24.8 Å². The van der Waals surface area contributed by atoms with Gasteiger partial charge in [-0.2, -0.15) is 0 Å². The van der Waals surface area contributed by atoms with Gasteiger partial charge in [-0.25, -0.2) is 0 Å². The van der Waals surface area contributed by atoms with E-state index in [1.165, 1.54) is 0 Å². The van der Waals surface area contributed by atoms with Gasteiger partial charge in [0.1, 0.15) is 0 Å². The molecular weight excluding hydrogens is 207 g/mol. The third-order valence-electron chi connectivity index (χ3n) is 1.75. The first kappa shape index (κ1) is 15.2. The van der Waals surface area contributed by atoms with Crippen LogP contribution in [0.4, 0.5) is 0 Å². The number of halogens is 2. The summed E-state index contributed by atoms with van der Waals surface area (Å²) in [4.78, 5) is 4.17. The van der Waals surface area contributed by atoms with Crippen LogP contribution in [0.5, 0.6) is 0 Å². The van der Waals surface area contributed by atoms with E-state index in [2.05, 4.69) is 18.8 Å². The van der Waals surface area contributed by atoms with Gasteiger partial charge in [0.25, 0.3) is 0 Å². The molecule has 2 nitrogen and oxygen atoms in total. The minimum atomic E-state index is 0. The van der Waals surface area contributed by atoms with Gasteiger partial charge in [-0.15, -0.1) is 24.8 Å². The Morgan fingerprint density at radius 2 is 1.85 bits per heavy atom. The summed E-state index contributed by atoms with van der Waals surface area (Å²) >= 11 is 0. The third-order valence-corrected chi connectivity index (χ3v) is 1.75. The Morgan fingerprint density at radius 1 is 1.23 bits per heavy atom. The molecule has 0 radical (unpaired) electrons. The number of nitrogens with two attached hydrogens (primary N) is 1. The molecule has 2 N–H and O–H groups in total. The van der Waals surface area contributed by atoms with Crippen molar-refractivity contribution in [2.45, 2.75) is 19.9 Å². The fourth-order valence-electron chi connectivity index (χ4n) is 0.915. The molecule has 1 heterocycles. The number of aromatic nitrogens is 1. The zero-order valence-corrected chi connectivity index (χ0v) is 9.44. The lowest BCUT2D eigenvalue weighted by Gasteiger charge is -2.13. The first-order valence-electron chi connectivity index (χ1n) is 3.88. The monoisotopic (exact) mass is 222 g/mol. The maximum atomic E-state index is 5.88. The van der Waals surface area contributed by atoms with E-state index >= 15 is 0 Å². The average Bonchev–Trinajstić information content (AvgIpc) is 2.05. The Hall–Kier alpha value is -0.310. The molecule has 1 aromatic heterocycles. The molecule has 0 fully saturated rings. The Labute approximate surface area is 91.8 Å². The molecule has 0 bridgehead atoms. The van der Waals surface area contributed by atoms with Crippen LogP contribution in [-0.2, 0) is 0 Å². The summed E-state index contributed by atoms with van der Waals surface area (Å²) in [6.45, 7) is 4.19. The van der Waals surface area contributed by atoms with Crippen LogP contribution in [0.3, 0.4) is 0 Å². The molecule has 1 rings (SSSR count). The third kappa shape index (κ3) is 4.46. The lowest BCUT2D eigenvalue weighted by atomic mass is 10.0. The molecule has 0 amide bonds. The lowest BCUT2D eigenvalue weighted by molar-refractivity contribution is 0.503. The standard InChI is InChI=1S/C9H14N2.2ClH/c1-7(2)9(10)8-5-3-4-6-11-8;;/h3-7,9H,10H2,1-2H3;2*1H/t9-;;/m1../s1. The minimum absolute atomic E-state index is 0. The normalized spacial score (nSPS) is 11.4. The Balaban J connectivity index is 0. The van der Waals surface area contributed by atoms with Gasteiger partial charge in [0.2, 0.25) is 0 Å². The highest BCUT2D eigenvalue weighted by Crippen LogP contribution is 2.15. The van der Waals surface area contributed by atoms with E-state index in [0.717, 1.165) is 5.69 Å². The van der Waals surface area contributed by atoms with Gasteiger partial charge < -0.3 is 5.73 Å². The van der Waals surface area contributed by atoms with Crippen LogP contribution in [0.25, 0.3) is 0 Å². The first-order valence-corrected chi connectivity index (χ1v) is 3.88. The van der Waals surface area contributed by atoms with E-state index in [-0.39, 0.29) is 30.9 Å². The summed E-state index contributed by atoms with van der Waals surface area (Å²) in [6, 6.07) is 5.89. The molecule has 13 heavy (non-hydrogen) atoms. The minimum Gasteiger partial charge on any atom is -0.322 e. The molecule has 76 valence electrons. The topological polar surface area (TPSA) is 38.9 Å². The van der Waals surface area contributed by atoms with Crippen molar-refractivity contribution in [1.29, 1.82) is 0 Å². The Morgan fingerprint density at radius 3 is 2.23 bits per heavy atom. The second kappa shape index (κ2) is 7.13.